The van der Waals surface area contributed by atoms with Crippen molar-refractivity contribution in [1.29, 1.82) is 0 Å². The van der Waals surface area contributed by atoms with Crippen LogP contribution >= 0.6 is 16.1 Å². The van der Waals surface area contributed by atoms with E-state index in [9.17, 15) is 0 Å². The molecule has 3 nitrogen and oxygen atoms in total. The number of nitrogens with one attached hydrogen (secondary N) is 1. The van der Waals surface area contributed by atoms with Gasteiger partial charge in [-0.2, -0.15) is 5.10 Å². The van der Waals surface area contributed by atoms with E-state index in [1.54, 1.807) is 0 Å². The first-order valence-electron chi connectivity index (χ1n) is 2.01. The molecule has 0 aliphatic carbocycles. The fourth-order valence-electron chi connectivity index (χ4n) is 0.381. The monoisotopic (exact) mass is 163 g/mol. The van der Waals surface area contributed by atoms with Gasteiger partial charge in [0, 0.05) is 0 Å². The van der Waals surface area contributed by atoms with Crippen LogP contribution in [0.3, 0.4) is 0 Å². The summed E-state index contributed by atoms with van der Waals surface area (Å²) in [4.78, 5) is 0. The van der Waals surface area contributed by atoms with Crippen molar-refractivity contribution in [1.82, 2.24) is 9.35 Å². The fraction of sp³-hybridized carbons (Fsp3) is 0.667. The molecule has 0 aromatic rings. The van der Waals surface area contributed by atoms with Crippen molar-refractivity contribution in [3.05, 3.63) is 0 Å². The molecule has 0 radical (unpaired) electrons. The molecule has 0 aromatic heterocycles. The van der Waals surface area contributed by atoms with Gasteiger partial charge in [0.1, 0.15) is 12.5 Å². The van der Waals surface area contributed by atoms with Crippen molar-refractivity contribution >= 4 is 22.0 Å². The Bertz CT molecular complexity index is 100. The van der Waals surface area contributed by atoms with Crippen LogP contribution in [-0.2, 0) is 0 Å². The molecule has 0 unspecified atom stereocenters. The van der Waals surface area contributed by atoms with Crippen LogP contribution in [0.5, 0.6) is 0 Å². The van der Waals surface area contributed by atoms with Crippen LogP contribution in [-0.4, -0.2) is 16.4 Å². The topological polar surface area (TPSA) is 27.6 Å². The highest BCUT2D eigenvalue weighted by molar-refractivity contribution is 9.07. The van der Waals surface area contributed by atoms with Gasteiger partial charge in [-0.15, -0.1) is 0 Å². The van der Waals surface area contributed by atoms with Gasteiger partial charge in [-0.3, -0.25) is 9.35 Å². The van der Waals surface area contributed by atoms with Gasteiger partial charge in [0.05, 0.1) is 16.1 Å². The Morgan fingerprint density at radius 3 is 2.86 bits per heavy atom. The summed E-state index contributed by atoms with van der Waals surface area (Å²) >= 11 is 3.24. The van der Waals surface area contributed by atoms with Gasteiger partial charge < -0.3 is 0 Å². The minimum Gasteiger partial charge on any atom is -0.288 e. The largest absolute Gasteiger partial charge is 0.288 e. The molecule has 0 spiro atoms. The molecule has 1 aliphatic rings. The van der Waals surface area contributed by atoms with Crippen molar-refractivity contribution in [2.75, 3.05) is 6.67 Å². The van der Waals surface area contributed by atoms with Crippen LogP contribution in [0.15, 0.2) is 5.10 Å². The molecule has 0 fully saturated rings. The average molecular weight is 164 g/mol. The smallest absolute Gasteiger partial charge is 0.133 e. The Kier molecular flexibility index (Phi) is 1.19. The van der Waals surface area contributed by atoms with Crippen molar-refractivity contribution < 1.29 is 0 Å². The Morgan fingerprint density at radius 1 is 2.00 bits per heavy atom. The SMILES string of the molecule is CC1=NNCN1Br. The molecule has 0 bridgehead atoms. The van der Waals surface area contributed by atoms with Crippen LogP contribution in [0.25, 0.3) is 0 Å². The van der Waals surface area contributed by atoms with Gasteiger partial charge in [0.25, 0.3) is 0 Å². The minimum atomic E-state index is 0.770. The zero-order chi connectivity index (χ0) is 5.28. The summed E-state index contributed by atoms with van der Waals surface area (Å²) in [6.45, 7) is 2.70. The summed E-state index contributed by atoms with van der Waals surface area (Å²) in [5.41, 5.74) is 2.79. The van der Waals surface area contributed by atoms with Crippen LogP contribution < -0.4 is 5.43 Å². The van der Waals surface area contributed by atoms with E-state index in [0.717, 1.165) is 12.5 Å². The summed E-state index contributed by atoms with van der Waals surface area (Å²) in [6.07, 6.45) is 0. The normalized spacial score (nSPS) is 19.1. The molecule has 0 aromatic carbocycles. The molecule has 1 N–H and O–H groups in total. The van der Waals surface area contributed by atoms with Crippen LogP contribution in [0.4, 0.5) is 0 Å². The van der Waals surface area contributed by atoms with E-state index in [4.69, 9.17) is 0 Å². The molecule has 1 rings (SSSR count). The number of hydrazone groups is 1. The molecule has 0 atom stereocenters. The highest BCUT2D eigenvalue weighted by Crippen LogP contribution is 2.01. The van der Waals surface area contributed by atoms with Crippen molar-refractivity contribution in [2.24, 2.45) is 5.10 Å². The van der Waals surface area contributed by atoms with E-state index >= 15 is 0 Å². The summed E-state index contributed by atoms with van der Waals surface area (Å²) in [7, 11) is 0. The van der Waals surface area contributed by atoms with E-state index in [2.05, 4.69) is 26.7 Å². The van der Waals surface area contributed by atoms with Crippen LogP contribution in [0.2, 0.25) is 0 Å². The summed E-state index contributed by atoms with van der Waals surface area (Å²) in [6, 6.07) is 0. The molecule has 1 heterocycles. The van der Waals surface area contributed by atoms with E-state index in [1.807, 2.05) is 10.8 Å². The molecule has 40 valence electrons. The number of nitrogens with zero attached hydrogens (tertiary/aromatic N) is 2. The van der Waals surface area contributed by atoms with E-state index in [1.165, 1.54) is 0 Å². The van der Waals surface area contributed by atoms with Crippen molar-refractivity contribution in [2.45, 2.75) is 6.92 Å². The maximum absolute atomic E-state index is 3.86. The predicted molar refractivity (Wildman–Crippen MR) is 31.9 cm³/mol. The third kappa shape index (κ3) is 0.851. The number of rotatable bonds is 0. The summed E-state index contributed by atoms with van der Waals surface area (Å²) in [5.74, 6) is 0.972. The summed E-state index contributed by atoms with van der Waals surface area (Å²) in [5, 5.41) is 3.86. The van der Waals surface area contributed by atoms with Crippen LogP contribution in [0, 0.1) is 0 Å². The highest BCUT2D eigenvalue weighted by Gasteiger charge is 2.05. The molecular weight excluding hydrogens is 158 g/mol. The molecule has 4 heteroatoms. The van der Waals surface area contributed by atoms with E-state index in [0.29, 0.717) is 0 Å². The van der Waals surface area contributed by atoms with Crippen molar-refractivity contribution in [3.63, 3.8) is 0 Å². The number of hydrogen-bond acceptors (Lipinski definition) is 3. The molecule has 1 aliphatic heterocycles. The van der Waals surface area contributed by atoms with Gasteiger partial charge >= 0.3 is 0 Å². The lowest BCUT2D eigenvalue weighted by molar-refractivity contribution is 0.655. The minimum absolute atomic E-state index is 0.770. The standard InChI is InChI=1S/C3H6BrN3/c1-3-6-5-2-7(3)4/h5H,2H2,1H3. The van der Waals surface area contributed by atoms with E-state index < -0.39 is 0 Å². The molecule has 7 heavy (non-hydrogen) atoms. The van der Waals surface area contributed by atoms with Crippen LogP contribution in [0.1, 0.15) is 6.92 Å². The zero-order valence-corrected chi connectivity index (χ0v) is 5.57. The molecule has 0 saturated heterocycles. The van der Waals surface area contributed by atoms with Gasteiger partial charge in [-0.25, -0.2) is 0 Å². The number of halogens is 1. The van der Waals surface area contributed by atoms with Gasteiger partial charge in [0.15, 0.2) is 0 Å². The predicted octanol–water partition coefficient (Wildman–Crippen LogP) is 0.492. The lowest BCUT2D eigenvalue weighted by Gasteiger charge is -2.01. The summed E-state index contributed by atoms with van der Waals surface area (Å²) < 4.78 is 1.85. The maximum Gasteiger partial charge on any atom is 0.133 e. The first-order valence-corrected chi connectivity index (χ1v) is 2.72. The Hall–Kier alpha value is -0.250. The molecular formula is C3H6BrN3. The Labute approximate surface area is 50.7 Å². The van der Waals surface area contributed by atoms with Gasteiger partial charge in [-0.05, 0) is 6.92 Å². The fourth-order valence-corrected chi connectivity index (χ4v) is 0.572. The Balaban J connectivity index is 2.54. The number of hydrogen-bond donors (Lipinski definition) is 1. The van der Waals surface area contributed by atoms with Gasteiger partial charge in [0.2, 0.25) is 0 Å². The van der Waals surface area contributed by atoms with Gasteiger partial charge in [-0.1, -0.05) is 0 Å². The second kappa shape index (κ2) is 1.69. The lowest BCUT2D eigenvalue weighted by atomic mass is 10.7. The second-order valence-corrected chi connectivity index (χ2v) is 2.19. The number of amidine groups is 1. The maximum atomic E-state index is 3.86. The Morgan fingerprint density at radius 2 is 2.71 bits per heavy atom. The average Bonchev–Trinajstić information content (AvgIpc) is 1.91. The third-order valence-corrected chi connectivity index (χ3v) is 1.57. The van der Waals surface area contributed by atoms with E-state index in [-0.39, 0.29) is 0 Å². The zero-order valence-electron chi connectivity index (χ0n) is 3.98. The third-order valence-electron chi connectivity index (χ3n) is 0.802. The van der Waals surface area contributed by atoms with Crippen molar-refractivity contribution in [3.8, 4) is 0 Å². The first-order chi connectivity index (χ1) is 3.30. The quantitative estimate of drug-likeness (QED) is 0.527. The first kappa shape index (κ1) is 4.90. The highest BCUT2D eigenvalue weighted by atomic mass is 79.9. The second-order valence-electron chi connectivity index (χ2n) is 1.34. The lowest BCUT2D eigenvalue weighted by Crippen LogP contribution is -2.15. The molecule has 0 amide bonds. The molecule has 0 saturated carbocycles.